The number of anilines is 2. The van der Waals surface area contributed by atoms with E-state index in [1.54, 1.807) is 6.07 Å². The first-order valence-electron chi connectivity index (χ1n) is 11.8. The lowest BCUT2D eigenvalue weighted by Crippen LogP contribution is -2.36. The number of pyridine rings is 1. The first kappa shape index (κ1) is 26.1. The minimum absolute atomic E-state index is 0.0179. The van der Waals surface area contributed by atoms with Gasteiger partial charge in [-0.3, -0.25) is 14.4 Å². The van der Waals surface area contributed by atoms with Gasteiger partial charge in [-0.1, -0.05) is 11.6 Å². The molecule has 0 unspecified atom stereocenters. The Labute approximate surface area is 225 Å². The molecule has 1 aliphatic heterocycles. The number of morpholine rings is 1. The molecule has 202 valence electrons. The number of hydrogen-bond donors (Lipinski definition) is 3. The summed E-state index contributed by atoms with van der Waals surface area (Å²) in [7, 11) is 1.47. The van der Waals surface area contributed by atoms with Crippen LogP contribution in [0.4, 0.5) is 15.9 Å². The van der Waals surface area contributed by atoms with E-state index in [-0.39, 0.29) is 33.7 Å². The van der Waals surface area contributed by atoms with E-state index < -0.39 is 34.5 Å². The molecule has 0 saturated carbocycles. The van der Waals surface area contributed by atoms with E-state index in [1.807, 2.05) is 4.90 Å². The highest BCUT2D eigenvalue weighted by molar-refractivity contribution is 6.33. The zero-order valence-corrected chi connectivity index (χ0v) is 21.4. The van der Waals surface area contributed by atoms with Crippen LogP contribution in [0.15, 0.2) is 41.7 Å². The van der Waals surface area contributed by atoms with Gasteiger partial charge in [0.05, 0.1) is 41.8 Å². The molecule has 4 aromatic rings. The Morgan fingerprint density at radius 2 is 1.97 bits per heavy atom. The second kappa shape index (κ2) is 10.3. The van der Waals surface area contributed by atoms with E-state index in [0.717, 1.165) is 6.07 Å². The van der Waals surface area contributed by atoms with Crippen molar-refractivity contribution in [1.29, 1.82) is 0 Å². The van der Waals surface area contributed by atoms with Crippen molar-refractivity contribution in [3.05, 3.63) is 63.7 Å². The van der Waals surface area contributed by atoms with E-state index in [0.29, 0.717) is 37.8 Å². The number of aromatic hydroxyl groups is 1. The number of fused-ring (bicyclic) bond motifs is 1. The van der Waals surface area contributed by atoms with E-state index in [4.69, 9.17) is 22.1 Å². The molecular weight excluding hydrogens is 533 g/mol. The van der Waals surface area contributed by atoms with Crippen LogP contribution in [0.1, 0.15) is 10.4 Å². The molecule has 0 atom stereocenters. The molecule has 0 aliphatic carbocycles. The van der Waals surface area contributed by atoms with Crippen LogP contribution in [0.25, 0.3) is 22.2 Å². The van der Waals surface area contributed by atoms with E-state index >= 15 is 4.39 Å². The van der Waals surface area contributed by atoms with Gasteiger partial charge in [0.25, 0.3) is 11.5 Å². The van der Waals surface area contributed by atoms with E-state index in [9.17, 15) is 19.5 Å². The number of aryl methyl sites for hydroxylation is 1. The molecule has 1 saturated heterocycles. The van der Waals surface area contributed by atoms with Crippen molar-refractivity contribution in [2.75, 3.05) is 36.5 Å². The van der Waals surface area contributed by atoms with Crippen LogP contribution in [0.5, 0.6) is 5.75 Å². The highest BCUT2D eigenvalue weighted by Gasteiger charge is 2.24. The predicted molar refractivity (Wildman–Crippen MR) is 141 cm³/mol. The van der Waals surface area contributed by atoms with Crippen molar-refractivity contribution in [3.63, 3.8) is 0 Å². The number of primary amides is 1. The zero-order valence-electron chi connectivity index (χ0n) is 20.6. The summed E-state index contributed by atoms with van der Waals surface area (Å²) in [5, 5.41) is 12.9. The first-order valence-corrected chi connectivity index (χ1v) is 12.2. The number of aromatic nitrogens is 4. The number of nitrogens with two attached hydrogens (primary N) is 1. The maximum absolute atomic E-state index is 15.3. The number of amides is 2. The van der Waals surface area contributed by atoms with Crippen molar-refractivity contribution in [2.45, 2.75) is 6.54 Å². The topological polar surface area (TPSA) is 158 Å². The molecule has 1 aliphatic rings. The Kier molecular flexibility index (Phi) is 6.93. The van der Waals surface area contributed by atoms with Crippen LogP contribution in [0.2, 0.25) is 5.02 Å². The van der Waals surface area contributed by atoms with Crippen LogP contribution in [0, 0.1) is 5.82 Å². The summed E-state index contributed by atoms with van der Waals surface area (Å²) in [4.78, 5) is 48.5. The molecule has 39 heavy (non-hydrogen) atoms. The molecule has 0 radical (unpaired) electrons. The van der Waals surface area contributed by atoms with Crippen molar-refractivity contribution in [2.24, 2.45) is 12.8 Å². The molecule has 0 spiro atoms. The largest absolute Gasteiger partial charge is 0.507 e. The summed E-state index contributed by atoms with van der Waals surface area (Å²) >= 11 is 6.29. The fourth-order valence-electron chi connectivity index (χ4n) is 4.43. The molecule has 5 rings (SSSR count). The van der Waals surface area contributed by atoms with Crippen LogP contribution in [-0.4, -0.2) is 62.3 Å². The normalized spacial score (nSPS) is 13.6. The Hall–Kier alpha value is -4.49. The second-order valence-corrected chi connectivity index (χ2v) is 9.29. The molecule has 2 amide bonds. The van der Waals surface area contributed by atoms with Crippen LogP contribution in [-0.2, 0) is 23.1 Å². The molecule has 12 nitrogen and oxygen atoms in total. The van der Waals surface area contributed by atoms with Crippen molar-refractivity contribution in [1.82, 2.24) is 19.1 Å². The Bertz CT molecular complexity index is 1680. The van der Waals surface area contributed by atoms with Crippen LogP contribution < -0.4 is 21.5 Å². The first-order chi connectivity index (χ1) is 18.7. The maximum atomic E-state index is 15.3. The van der Waals surface area contributed by atoms with Gasteiger partial charge in [-0.2, -0.15) is 0 Å². The minimum Gasteiger partial charge on any atom is -0.507 e. The second-order valence-electron chi connectivity index (χ2n) is 8.89. The number of ether oxygens (including phenoxy) is 1. The number of benzene rings is 1. The highest BCUT2D eigenvalue weighted by atomic mass is 35.5. The smallest absolute Gasteiger partial charge is 0.263 e. The summed E-state index contributed by atoms with van der Waals surface area (Å²) in [6.45, 7) is 2.11. The Balaban J connectivity index is 1.51. The number of carbonyl (C=O) groups excluding carboxylic acids is 2. The lowest BCUT2D eigenvalue weighted by atomic mass is 10.0. The number of phenols is 1. The number of hydrogen-bond acceptors (Lipinski definition) is 8. The molecule has 1 fully saturated rings. The molecule has 14 heteroatoms. The van der Waals surface area contributed by atoms with E-state index in [2.05, 4.69) is 15.3 Å². The van der Waals surface area contributed by atoms with Gasteiger partial charge in [-0.15, -0.1) is 0 Å². The van der Waals surface area contributed by atoms with Crippen molar-refractivity contribution in [3.8, 4) is 16.9 Å². The predicted octanol–water partition coefficient (Wildman–Crippen LogP) is 1.87. The quantitative estimate of drug-likeness (QED) is 0.325. The standard InChI is InChI=1S/C25H23ClFN7O5/c1-32-12-30-24-20(25(32)38)14(13-2-3-17(35)21(22(13)27)23(28)37)10-34(24)11-19(36)31-16-8-18(29-9-15(16)26)33-4-6-39-7-5-33/h2-3,8-10,12,35H,4-7,11H2,1H3,(H2,28,37)(H,29,31,36). The molecule has 3 aromatic heterocycles. The van der Waals surface area contributed by atoms with Crippen molar-refractivity contribution >= 4 is 46.0 Å². The molecular formula is C25H23ClFN7O5. The fraction of sp³-hybridized carbons (Fsp3) is 0.240. The average molecular weight is 556 g/mol. The van der Waals surface area contributed by atoms with Crippen molar-refractivity contribution < 1.29 is 23.8 Å². The van der Waals surface area contributed by atoms with Gasteiger partial charge >= 0.3 is 0 Å². The number of nitrogens with zero attached hydrogens (tertiary/aromatic N) is 5. The summed E-state index contributed by atoms with van der Waals surface area (Å²) in [5.41, 5.74) is 4.39. The summed E-state index contributed by atoms with van der Waals surface area (Å²) < 4.78 is 23.3. The zero-order chi connectivity index (χ0) is 27.8. The molecule has 4 heterocycles. The van der Waals surface area contributed by atoms with Gasteiger partial charge in [-0.25, -0.2) is 14.4 Å². The summed E-state index contributed by atoms with van der Waals surface area (Å²) in [5.74, 6) is -2.78. The number of halogens is 2. The summed E-state index contributed by atoms with van der Waals surface area (Å²) in [6.07, 6.45) is 4.10. The fourth-order valence-corrected chi connectivity index (χ4v) is 4.58. The van der Waals surface area contributed by atoms with Gasteiger partial charge < -0.3 is 34.9 Å². The average Bonchev–Trinajstić information content (AvgIpc) is 3.26. The maximum Gasteiger partial charge on any atom is 0.263 e. The van der Waals surface area contributed by atoms with Gasteiger partial charge in [0, 0.05) is 43.5 Å². The van der Waals surface area contributed by atoms with Gasteiger partial charge in [0.2, 0.25) is 5.91 Å². The highest BCUT2D eigenvalue weighted by Crippen LogP contribution is 2.34. The third-order valence-corrected chi connectivity index (χ3v) is 6.66. The Morgan fingerprint density at radius 1 is 1.23 bits per heavy atom. The van der Waals surface area contributed by atoms with E-state index in [1.165, 1.54) is 41.0 Å². The lowest BCUT2D eigenvalue weighted by Gasteiger charge is -2.28. The third-order valence-electron chi connectivity index (χ3n) is 6.36. The third kappa shape index (κ3) is 4.89. The summed E-state index contributed by atoms with van der Waals surface area (Å²) in [6, 6.07) is 3.98. The molecule has 0 bridgehead atoms. The molecule has 4 N–H and O–H groups in total. The van der Waals surface area contributed by atoms with Crippen LogP contribution >= 0.6 is 11.6 Å². The molecule has 1 aromatic carbocycles. The Morgan fingerprint density at radius 3 is 2.69 bits per heavy atom. The van der Waals surface area contributed by atoms with Gasteiger partial charge in [0.15, 0.2) is 0 Å². The minimum atomic E-state index is -1.17. The van der Waals surface area contributed by atoms with Gasteiger partial charge in [0.1, 0.15) is 35.1 Å². The number of rotatable bonds is 6. The van der Waals surface area contributed by atoms with Crippen LogP contribution in [0.3, 0.4) is 0 Å². The SMILES string of the molecule is Cn1cnc2c(c(-c3ccc(O)c(C(N)=O)c3F)cn2CC(=O)Nc2cc(N3CCOCC3)ncc2Cl)c1=O. The lowest BCUT2D eigenvalue weighted by molar-refractivity contribution is -0.116. The monoisotopic (exact) mass is 555 g/mol. The number of carbonyl (C=O) groups is 2. The van der Waals surface area contributed by atoms with Gasteiger partial charge in [-0.05, 0) is 12.1 Å². The number of nitrogens with one attached hydrogen (secondary N) is 1.